The van der Waals surface area contributed by atoms with Crippen LogP contribution < -0.4 is 14.2 Å². The van der Waals surface area contributed by atoms with Crippen molar-refractivity contribution in [1.82, 2.24) is 0 Å². The smallest absolute Gasteiger partial charge is 0.297 e. The molecule has 0 fully saturated rings. The number of aromatic hydroxyl groups is 3. The fourth-order valence-electron chi connectivity index (χ4n) is 10.9. The van der Waals surface area contributed by atoms with Gasteiger partial charge in [-0.25, -0.2) is 0 Å². The Balaban J connectivity index is 0.000000159. The fourth-order valence-corrected chi connectivity index (χ4v) is 14.6. The highest BCUT2D eigenvalue weighted by atomic mass is 35.5. The Bertz CT molecular complexity index is 4850. The minimum atomic E-state index is -0.164. The van der Waals surface area contributed by atoms with Crippen molar-refractivity contribution in [2.24, 2.45) is 0 Å². The SMILES string of the molecule is Cc1cc(C)c(C(=O)c2sc3cc(O)ccc3c2Oc2ccc(/C=C/OC=O)cc2)c(C)c1.Cc1cc(Cl)cc(C)c1C(=O)c1sc2cc(O)ccc2c1Oc1ccc(/C=C/OC=O)cc1.Cc1ccc(C(=O)c2sc3cc(O)ccc3c2Oc2ccc(/C=C/OC=O)cc2)c(C)c1. The maximum absolute atomic E-state index is 13.7. The summed E-state index contributed by atoms with van der Waals surface area (Å²) in [6.07, 6.45) is 8.82. The van der Waals surface area contributed by atoms with Crippen LogP contribution in [0.25, 0.3) is 48.5 Å². The number of hydrogen-bond donors (Lipinski definition) is 3. The van der Waals surface area contributed by atoms with E-state index >= 15 is 0 Å². The number of rotatable bonds is 21. The number of fused-ring (bicyclic) bond motifs is 3. The van der Waals surface area contributed by atoms with Crippen LogP contribution in [0.4, 0.5) is 0 Å². The summed E-state index contributed by atoms with van der Waals surface area (Å²) in [6.45, 7) is 14.5. The van der Waals surface area contributed by atoms with E-state index in [1.807, 2.05) is 103 Å². The number of halogens is 1. The molecule has 15 nitrogen and oxygen atoms in total. The van der Waals surface area contributed by atoms with Gasteiger partial charge in [-0.1, -0.05) is 89.5 Å². The third kappa shape index (κ3) is 16.4. The number of ether oxygens (including phenoxy) is 6. The average Bonchev–Trinajstić information content (AvgIpc) is 1.63. The van der Waals surface area contributed by atoms with E-state index in [4.69, 9.17) is 25.8 Å². The summed E-state index contributed by atoms with van der Waals surface area (Å²) in [7, 11) is 0. The second-order valence-electron chi connectivity index (χ2n) is 22.4. The van der Waals surface area contributed by atoms with Gasteiger partial charge in [-0.05, 0) is 214 Å². The van der Waals surface area contributed by atoms with Gasteiger partial charge in [-0.15, -0.1) is 34.0 Å². The zero-order chi connectivity index (χ0) is 69.7. The van der Waals surface area contributed by atoms with Gasteiger partial charge in [-0.3, -0.25) is 28.8 Å². The zero-order valence-electron chi connectivity index (χ0n) is 53.7. The topological polar surface area (TPSA) is 218 Å². The van der Waals surface area contributed by atoms with Crippen LogP contribution in [0.3, 0.4) is 0 Å². The van der Waals surface area contributed by atoms with E-state index in [1.165, 1.54) is 52.8 Å². The lowest BCUT2D eigenvalue weighted by Gasteiger charge is -2.12. The summed E-state index contributed by atoms with van der Waals surface area (Å²) >= 11 is 10.0. The van der Waals surface area contributed by atoms with Crippen LogP contribution in [-0.2, 0) is 28.6 Å². The maximum Gasteiger partial charge on any atom is 0.297 e. The van der Waals surface area contributed by atoms with E-state index in [1.54, 1.807) is 133 Å². The normalized spacial score (nSPS) is 11.1. The van der Waals surface area contributed by atoms with Crippen LogP contribution in [0.2, 0.25) is 5.02 Å². The number of carbonyl (C=O) groups excluding carboxylic acids is 6. The Morgan fingerprint density at radius 2 is 0.684 bits per heavy atom. The van der Waals surface area contributed by atoms with Crippen molar-refractivity contribution in [3.8, 4) is 51.7 Å². The lowest BCUT2D eigenvalue weighted by atomic mass is 9.95. The Morgan fingerprint density at radius 1 is 0.367 bits per heavy atom. The molecule has 0 saturated heterocycles. The molecule has 0 atom stereocenters. The molecule has 19 heteroatoms. The van der Waals surface area contributed by atoms with Gasteiger partial charge in [0, 0.05) is 52.0 Å². The lowest BCUT2D eigenvalue weighted by molar-refractivity contribution is -0.124. The molecular weight excluding hydrogens is 1320 g/mol. The summed E-state index contributed by atoms with van der Waals surface area (Å²) in [5.41, 5.74) is 10.8. The van der Waals surface area contributed by atoms with E-state index in [-0.39, 0.29) is 34.6 Å². The molecule has 3 N–H and O–H groups in total. The number of thiophene rings is 3. The first-order valence-electron chi connectivity index (χ1n) is 30.1. The van der Waals surface area contributed by atoms with Gasteiger partial charge >= 0.3 is 0 Å². The van der Waals surface area contributed by atoms with Crippen molar-refractivity contribution in [2.45, 2.75) is 48.5 Å². The molecule has 0 aliphatic carbocycles. The fraction of sp³-hybridized carbons (Fsp3) is 0.0886. The van der Waals surface area contributed by atoms with E-state index in [2.05, 4.69) is 14.2 Å². The van der Waals surface area contributed by atoms with Gasteiger partial charge in [0.25, 0.3) is 19.4 Å². The van der Waals surface area contributed by atoms with E-state index in [0.717, 1.165) is 85.9 Å². The number of aryl methyl sites for hydroxylation is 7. The minimum absolute atomic E-state index is 0.105. The molecule has 0 aliphatic heterocycles. The van der Waals surface area contributed by atoms with Crippen molar-refractivity contribution in [2.75, 3.05) is 0 Å². The largest absolute Gasteiger partial charge is 0.508 e. The molecule has 0 amide bonds. The van der Waals surface area contributed by atoms with Crippen molar-refractivity contribution in [1.29, 1.82) is 0 Å². The molecule has 3 heterocycles. The lowest BCUT2D eigenvalue weighted by Crippen LogP contribution is -2.06. The molecule has 0 saturated carbocycles. The van der Waals surface area contributed by atoms with E-state index in [0.29, 0.717) is 90.3 Å². The Hall–Kier alpha value is -11.4. The molecule has 3 aromatic heterocycles. The molecule has 9 aromatic carbocycles. The Morgan fingerprint density at radius 3 is 1.01 bits per heavy atom. The Kier molecular flexibility index (Phi) is 22.3. The molecule has 0 unspecified atom stereocenters. The molecule has 12 rings (SSSR count). The van der Waals surface area contributed by atoms with Crippen molar-refractivity contribution < 1.29 is 72.5 Å². The van der Waals surface area contributed by atoms with Crippen LogP contribution >= 0.6 is 45.6 Å². The number of phenols is 3. The number of ketones is 3. The number of hydrogen-bond acceptors (Lipinski definition) is 18. The minimum Gasteiger partial charge on any atom is -0.508 e. The second kappa shape index (κ2) is 31.4. The molecule has 98 heavy (non-hydrogen) atoms. The summed E-state index contributed by atoms with van der Waals surface area (Å²) in [5, 5.41) is 32.6. The zero-order valence-corrected chi connectivity index (χ0v) is 56.9. The third-order valence-electron chi connectivity index (χ3n) is 15.2. The maximum atomic E-state index is 13.7. The van der Waals surface area contributed by atoms with Gasteiger partial charge < -0.3 is 43.7 Å². The second-order valence-corrected chi connectivity index (χ2v) is 26.0. The summed E-state index contributed by atoms with van der Waals surface area (Å²) in [5.74, 6) is 2.99. The van der Waals surface area contributed by atoms with E-state index < -0.39 is 0 Å². The van der Waals surface area contributed by atoms with Crippen molar-refractivity contribution in [3.63, 3.8) is 0 Å². The standard InChI is InChI=1S/C27H22O5S.C26H19ClO5S.C26H20O5S/c1-16-12-17(2)24(18(3)13-16)25(30)27-26(22-9-6-20(29)14-23(22)33-27)32-21-7-4-19(5-8-21)10-11-31-15-28;1-15-11-18(27)12-16(2)23(15)24(30)26-25(21-8-5-19(29)13-22(21)33-26)32-20-6-3-17(4-7-20)9-10-31-14-28;1-16-3-9-21(17(2)13-16)24(29)26-25(22-10-6-19(28)14-23(22)32-26)31-20-7-4-18(5-8-20)11-12-30-15-27/h4-15,29H,1-3H3;3-14,29H,1-2H3;3-15,28H,1-2H3/b11-10+;10-9+;12-11+. The van der Waals surface area contributed by atoms with Gasteiger partial charge in [-0.2, -0.15) is 0 Å². The first-order chi connectivity index (χ1) is 47.2. The predicted molar refractivity (Wildman–Crippen MR) is 386 cm³/mol. The highest BCUT2D eigenvalue weighted by Gasteiger charge is 2.28. The quantitative estimate of drug-likeness (QED) is 0.0264. The van der Waals surface area contributed by atoms with Crippen molar-refractivity contribution in [3.05, 3.63) is 281 Å². The van der Waals surface area contributed by atoms with Crippen LogP contribution in [0.1, 0.15) is 101 Å². The molecule has 0 aliphatic rings. The first-order valence-corrected chi connectivity index (χ1v) is 33.0. The number of carbonyl (C=O) groups is 6. The van der Waals surface area contributed by atoms with Gasteiger partial charge in [0.2, 0.25) is 17.3 Å². The first kappa shape index (κ1) is 69.4. The van der Waals surface area contributed by atoms with Crippen LogP contribution in [-0.4, -0.2) is 52.1 Å². The summed E-state index contributed by atoms with van der Waals surface area (Å²) in [4.78, 5) is 72.9. The predicted octanol–water partition coefficient (Wildman–Crippen LogP) is 20.1. The Labute approximate surface area is 580 Å². The molecule has 0 bridgehead atoms. The van der Waals surface area contributed by atoms with Crippen LogP contribution in [0.5, 0.6) is 51.7 Å². The van der Waals surface area contributed by atoms with Gasteiger partial charge in [0.1, 0.15) is 49.1 Å². The average molecular weight is 1380 g/mol. The monoisotopic (exact) mass is 1380 g/mol. The third-order valence-corrected chi connectivity index (χ3v) is 18.9. The van der Waals surface area contributed by atoms with E-state index in [9.17, 15) is 44.1 Å². The van der Waals surface area contributed by atoms with Gasteiger partial charge in [0.05, 0.1) is 18.8 Å². The van der Waals surface area contributed by atoms with Gasteiger partial charge in [0.15, 0.2) is 17.2 Å². The van der Waals surface area contributed by atoms with Crippen molar-refractivity contribution >= 4 is 131 Å². The molecule has 0 radical (unpaired) electrons. The molecule has 0 spiro atoms. The molecular formula is C79H61ClO15S3. The summed E-state index contributed by atoms with van der Waals surface area (Å²) < 4.78 is 34.6. The summed E-state index contributed by atoms with van der Waals surface area (Å²) in [6, 6.07) is 49.6. The molecule has 12 aromatic rings. The van der Waals surface area contributed by atoms with Crippen LogP contribution in [0.15, 0.2) is 189 Å². The number of phenolic OH excluding ortho intramolecular Hbond substituents is 3. The molecule has 492 valence electrons. The van der Waals surface area contributed by atoms with Crippen LogP contribution in [0, 0.1) is 48.5 Å². The highest BCUT2D eigenvalue weighted by molar-refractivity contribution is 7.22. The number of benzene rings is 9. The highest BCUT2D eigenvalue weighted by Crippen LogP contribution is 2.47.